The number of carbonyl (C=O) groups excluding carboxylic acids is 1. The molecule has 0 aliphatic heterocycles. The number of rotatable bonds is 4. The van der Waals surface area contributed by atoms with Gasteiger partial charge in [-0.1, -0.05) is 29.3 Å². The summed E-state index contributed by atoms with van der Waals surface area (Å²) in [4.78, 5) is 16.3. The van der Waals surface area contributed by atoms with Crippen molar-refractivity contribution >= 4 is 34.8 Å². The molecule has 7 heteroatoms. The molecule has 1 aromatic carbocycles. The Morgan fingerprint density at radius 1 is 1.22 bits per heavy atom. The van der Waals surface area contributed by atoms with E-state index in [-0.39, 0.29) is 29.5 Å². The van der Waals surface area contributed by atoms with Crippen molar-refractivity contribution in [1.82, 2.24) is 14.7 Å². The van der Waals surface area contributed by atoms with E-state index in [4.69, 9.17) is 23.2 Å². The first-order chi connectivity index (χ1) is 11.0. The number of nitrogens with zero attached hydrogens (tertiary/aromatic N) is 2. The van der Waals surface area contributed by atoms with Gasteiger partial charge in [0.2, 0.25) is 5.91 Å². The molecule has 0 spiro atoms. The van der Waals surface area contributed by atoms with Gasteiger partial charge in [0.1, 0.15) is 11.5 Å². The Kier molecular flexibility index (Phi) is 4.50. The molecule has 0 aliphatic rings. The standard InChI is InChI=1S/C16H12Cl2FN3O/c17-10-4-5-15-21-11(9-22(15)8-10)7-20-16(23)6-12-13(18)2-1-3-14(12)19/h1-5,8-9H,6-7H2,(H,20,23). The van der Waals surface area contributed by atoms with Gasteiger partial charge in [-0.2, -0.15) is 0 Å². The van der Waals surface area contributed by atoms with Gasteiger partial charge in [-0.05, 0) is 24.3 Å². The fourth-order valence-electron chi connectivity index (χ4n) is 2.22. The topological polar surface area (TPSA) is 46.4 Å². The van der Waals surface area contributed by atoms with E-state index in [1.807, 2.05) is 0 Å². The smallest absolute Gasteiger partial charge is 0.224 e. The van der Waals surface area contributed by atoms with Gasteiger partial charge in [0, 0.05) is 23.0 Å². The average Bonchev–Trinajstić information content (AvgIpc) is 2.91. The molecule has 4 nitrogen and oxygen atoms in total. The second kappa shape index (κ2) is 6.56. The average molecular weight is 352 g/mol. The number of nitrogens with one attached hydrogen (secondary N) is 1. The second-order valence-corrected chi connectivity index (χ2v) is 5.84. The van der Waals surface area contributed by atoms with E-state index in [0.29, 0.717) is 10.7 Å². The van der Waals surface area contributed by atoms with Crippen LogP contribution in [0.1, 0.15) is 11.3 Å². The van der Waals surface area contributed by atoms with Crippen LogP contribution in [0.15, 0.2) is 42.7 Å². The van der Waals surface area contributed by atoms with Crippen LogP contribution in [0.3, 0.4) is 0 Å². The lowest BCUT2D eigenvalue weighted by atomic mass is 10.1. The van der Waals surface area contributed by atoms with Gasteiger partial charge in [-0.3, -0.25) is 4.79 Å². The van der Waals surface area contributed by atoms with Crippen LogP contribution in [0.25, 0.3) is 5.65 Å². The summed E-state index contributed by atoms with van der Waals surface area (Å²) in [6, 6.07) is 7.86. The molecule has 0 radical (unpaired) electrons. The Morgan fingerprint density at radius 3 is 2.83 bits per heavy atom. The number of carbonyl (C=O) groups is 1. The largest absolute Gasteiger partial charge is 0.350 e. The lowest BCUT2D eigenvalue weighted by Gasteiger charge is -2.06. The minimum absolute atomic E-state index is 0.120. The van der Waals surface area contributed by atoms with E-state index < -0.39 is 5.82 Å². The number of benzene rings is 1. The van der Waals surface area contributed by atoms with Crippen molar-refractivity contribution in [2.45, 2.75) is 13.0 Å². The number of halogens is 3. The van der Waals surface area contributed by atoms with E-state index in [0.717, 1.165) is 5.65 Å². The van der Waals surface area contributed by atoms with Crippen LogP contribution in [0.4, 0.5) is 4.39 Å². The summed E-state index contributed by atoms with van der Waals surface area (Å²) >= 11 is 11.8. The molecule has 3 rings (SSSR count). The SMILES string of the molecule is O=C(Cc1c(F)cccc1Cl)NCc1cn2cc(Cl)ccc2n1. The third kappa shape index (κ3) is 3.63. The number of hydrogen-bond donors (Lipinski definition) is 1. The maximum absolute atomic E-state index is 13.7. The van der Waals surface area contributed by atoms with Crippen LogP contribution in [-0.2, 0) is 17.8 Å². The van der Waals surface area contributed by atoms with E-state index in [1.54, 1.807) is 35.0 Å². The highest BCUT2D eigenvalue weighted by atomic mass is 35.5. The van der Waals surface area contributed by atoms with Gasteiger partial charge in [-0.25, -0.2) is 9.37 Å². The van der Waals surface area contributed by atoms with E-state index in [1.165, 1.54) is 12.1 Å². The Morgan fingerprint density at radius 2 is 2.04 bits per heavy atom. The molecule has 0 bridgehead atoms. The van der Waals surface area contributed by atoms with E-state index in [2.05, 4.69) is 10.3 Å². The van der Waals surface area contributed by atoms with Crippen molar-refractivity contribution in [3.8, 4) is 0 Å². The third-order valence-electron chi connectivity index (χ3n) is 3.33. The van der Waals surface area contributed by atoms with Crippen LogP contribution >= 0.6 is 23.2 Å². The molecule has 0 unspecified atom stereocenters. The summed E-state index contributed by atoms with van der Waals surface area (Å²) in [5.74, 6) is -0.817. The van der Waals surface area contributed by atoms with Gasteiger partial charge in [0.25, 0.3) is 0 Å². The molecular formula is C16H12Cl2FN3O. The lowest BCUT2D eigenvalue weighted by Crippen LogP contribution is -2.25. The maximum atomic E-state index is 13.7. The zero-order valence-corrected chi connectivity index (χ0v) is 13.4. The Labute approximate surface area is 141 Å². The molecule has 118 valence electrons. The van der Waals surface area contributed by atoms with Crippen molar-refractivity contribution in [1.29, 1.82) is 0 Å². The van der Waals surface area contributed by atoms with Gasteiger partial charge < -0.3 is 9.72 Å². The number of amides is 1. The zero-order chi connectivity index (χ0) is 16.4. The first-order valence-electron chi connectivity index (χ1n) is 6.85. The molecule has 3 aromatic rings. The first kappa shape index (κ1) is 15.8. The second-order valence-electron chi connectivity index (χ2n) is 5.00. The van der Waals surface area contributed by atoms with Crippen LogP contribution < -0.4 is 5.32 Å². The maximum Gasteiger partial charge on any atom is 0.224 e. The molecule has 1 amide bonds. The van der Waals surface area contributed by atoms with Crippen molar-refractivity contribution in [3.63, 3.8) is 0 Å². The number of imidazole rings is 1. The fraction of sp³-hybridized carbons (Fsp3) is 0.125. The van der Waals surface area contributed by atoms with E-state index >= 15 is 0 Å². The molecule has 0 fully saturated rings. The van der Waals surface area contributed by atoms with Crippen molar-refractivity contribution < 1.29 is 9.18 Å². The van der Waals surface area contributed by atoms with Crippen LogP contribution in [-0.4, -0.2) is 15.3 Å². The summed E-state index contributed by atoms with van der Waals surface area (Å²) in [5, 5.41) is 3.54. The third-order valence-corrected chi connectivity index (χ3v) is 3.91. The molecule has 0 atom stereocenters. The van der Waals surface area contributed by atoms with Crippen molar-refractivity contribution in [3.05, 3.63) is 69.8 Å². The fourth-order valence-corrected chi connectivity index (χ4v) is 2.61. The van der Waals surface area contributed by atoms with Gasteiger partial charge in [0.15, 0.2) is 0 Å². The predicted molar refractivity (Wildman–Crippen MR) is 87.2 cm³/mol. The normalized spacial score (nSPS) is 10.9. The number of aromatic nitrogens is 2. The monoisotopic (exact) mass is 351 g/mol. The van der Waals surface area contributed by atoms with Crippen LogP contribution in [0.2, 0.25) is 10.0 Å². The summed E-state index contributed by atoms with van der Waals surface area (Å²) in [7, 11) is 0. The molecular weight excluding hydrogens is 340 g/mol. The molecule has 2 heterocycles. The van der Waals surface area contributed by atoms with Gasteiger partial charge in [0.05, 0.1) is 23.7 Å². The Balaban J connectivity index is 1.66. The molecule has 0 aliphatic carbocycles. The van der Waals surface area contributed by atoms with Crippen LogP contribution in [0.5, 0.6) is 0 Å². The molecule has 0 saturated carbocycles. The minimum atomic E-state index is -0.491. The highest BCUT2D eigenvalue weighted by Gasteiger charge is 2.12. The van der Waals surface area contributed by atoms with Gasteiger partial charge in [-0.15, -0.1) is 0 Å². The molecule has 0 saturated heterocycles. The summed E-state index contributed by atoms with van der Waals surface area (Å²) in [6.07, 6.45) is 3.39. The highest BCUT2D eigenvalue weighted by Crippen LogP contribution is 2.19. The number of fused-ring (bicyclic) bond motifs is 1. The van der Waals surface area contributed by atoms with Gasteiger partial charge >= 0.3 is 0 Å². The molecule has 23 heavy (non-hydrogen) atoms. The zero-order valence-electron chi connectivity index (χ0n) is 11.9. The minimum Gasteiger partial charge on any atom is -0.350 e. The summed E-state index contributed by atoms with van der Waals surface area (Å²) < 4.78 is 15.4. The Hall–Kier alpha value is -2.11. The lowest BCUT2D eigenvalue weighted by molar-refractivity contribution is -0.120. The highest BCUT2D eigenvalue weighted by molar-refractivity contribution is 6.31. The van der Waals surface area contributed by atoms with Crippen molar-refractivity contribution in [2.24, 2.45) is 0 Å². The van der Waals surface area contributed by atoms with Crippen LogP contribution in [0, 0.1) is 5.82 Å². The van der Waals surface area contributed by atoms with Crippen molar-refractivity contribution in [2.75, 3.05) is 0 Å². The Bertz CT molecular complexity index is 859. The molecule has 2 aromatic heterocycles. The quantitative estimate of drug-likeness (QED) is 0.779. The summed E-state index contributed by atoms with van der Waals surface area (Å²) in [6.45, 7) is 0.240. The van der Waals surface area contributed by atoms with E-state index in [9.17, 15) is 9.18 Å². The first-order valence-corrected chi connectivity index (χ1v) is 7.61. The summed E-state index contributed by atoms with van der Waals surface area (Å²) in [5.41, 5.74) is 1.60. The number of hydrogen-bond acceptors (Lipinski definition) is 2. The predicted octanol–water partition coefficient (Wildman–Crippen LogP) is 3.64. The number of pyridine rings is 1. The molecule has 1 N–H and O–H groups in total.